The van der Waals surface area contributed by atoms with E-state index in [1.807, 2.05) is 19.1 Å². The number of anilines is 2. The van der Waals surface area contributed by atoms with Gasteiger partial charge in [-0.15, -0.1) is 5.10 Å². The fourth-order valence-electron chi connectivity index (χ4n) is 1.70. The van der Waals surface area contributed by atoms with Gasteiger partial charge in [-0.1, -0.05) is 17.4 Å². The largest absolute Gasteiger partial charge is 0.314 e. The summed E-state index contributed by atoms with van der Waals surface area (Å²) in [5.74, 6) is 0.431. The highest BCUT2D eigenvalue weighted by molar-refractivity contribution is 7.22. The van der Waals surface area contributed by atoms with Gasteiger partial charge >= 0.3 is 0 Å². The van der Waals surface area contributed by atoms with Crippen molar-refractivity contribution < 1.29 is 0 Å². The number of nitrogens with zero attached hydrogens (tertiary/aromatic N) is 4. The van der Waals surface area contributed by atoms with Crippen molar-refractivity contribution >= 4 is 32.5 Å². The number of hydrogen-bond acceptors (Lipinski definition) is 6. The molecule has 3 rings (SSSR count). The molecule has 5 nitrogen and oxygen atoms in total. The van der Waals surface area contributed by atoms with Crippen molar-refractivity contribution in [3.8, 4) is 6.07 Å². The molecule has 0 spiro atoms. The zero-order chi connectivity index (χ0) is 13.2. The van der Waals surface area contributed by atoms with E-state index in [2.05, 4.69) is 32.6 Å². The van der Waals surface area contributed by atoms with Crippen molar-refractivity contribution in [1.29, 1.82) is 5.26 Å². The summed E-state index contributed by atoms with van der Waals surface area (Å²) >= 11 is 1.53. The lowest BCUT2D eigenvalue weighted by Crippen LogP contribution is -1.97. The van der Waals surface area contributed by atoms with Gasteiger partial charge in [-0.3, -0.25) is 0 Å². The number of fused-ring (bicyclic) bond motifs is 1. The molecular formula is C13H9N5S. The first-order valence-electron chi connectivity index (χ1n) is 5.62. The number of hydrogen-bond donors (Lipinski definition) is 1. The highest BCUT2D eigenvalue weighted by Gasteiger charge is 2.08. The van der Waals surface area contributed by atoms with E-state index in [1.54, 1.807) is 6.07 Å². The van der Waals surface area contributed by atoms with Crippen LogP contribution >= 0.6 is 11.3 Å². The van der Waals surface area contributed by atoms with Crippen LogP contribution in [0.2, 0.25) is 0 Å². The average molecular weight is 267 g/mol. The van der Waals surface area contributed by atoms with Crippen molar-refractivity contribution in [1.82, 2.24) is 15.2 Å². The molecule has 0 radical (unpaired) electrons. The van der Waals surface area contributed by atoms with Crippen LogP contribution < -0.4 is 5.32 Å². The SMILES string of the molecule is Cc1ccc2nc(Nc3nnccc3C#N)sc2c1. The lowest BCUT2D eigenvalue weighted by Gasteiger charge is -2.00. The molecule has 0 bridgehead atoms. The van der Waals surface area contributed by atoms with Crippen LogP contribution in [0.4, 0.5) is 10.9 Å². The third kappa shape index (κ3) is 2.23. The maximum atomic E-state index is 9.00. The fraction of sp³-hybridized carbons (Fsp3) is 0.0769. The number of aromatic nitrogens is 3. The molecule has 0 aliphatic rings. The summed E-state index contributed by atoms with van der Waals surface area (Å²) < 4.78 is 1.10. The van der Waals surface area contributed by atoms with Crippen molar-refractivity contribution in [2.75, 3.05) is 5.32 Å². The molecule has 6 heteroatoms. The second kappa shape index (κ2) is 4.63. The topological polar surface area (TPSA) is 74.5 Å². The number of aryl methyl sites for hydroxylation is 1. The van der Waals surface area contributed by atoms with Crippen LogP contribution in [-0.4, -0.2) is 15.2 Å². The molecule has 0 amide bonds. The fourth-order valence-corrected chi connectivity index (χ4v) is 2.66. The molecule has 2 aromatic heterocycles. The molecule has 0 saturated carbocycles. The number of nitrogens with one attached hydrogen (secondary N) is 1. The minimum absolute atomic E-state index is 0.431. The third-order valence-electron chi connectivity index (χ3n) is 2.61. The Labute approximate surface area is 113 Å². The summed E-state index contributed by atoms with van der Waals surface area (Å²) in [6.07, 6.45) is 1.49. The molecule has 1 N–H and O–H groups in total. The molecule has 2 heterocycles. The Morgan fingerprint density at radius 3 is 3.05 bits per heavy atom. The molecule has 92 valence electrons. The van der Waals surface area contributed by atoms with Crippen LogP contribution in [0.15, 0.2) is 30.5 Å². The van der Waals surface area contributed by atoms with Gasteiger partial charge in [0.25, 0.3) is 0 Å². The van der Waals surface area contributed by atoms with Gasteiger partial charge < -0.3 is 5.32 Å². The Morgan fingerprint density at radius 1 is 1.32 bits per heavy atom. The number of nitriles is 1. The van der Waals surface area contributed by atoms with Crippen molar-refractivity contribution in [2.45, 2.75) is 6.92 Å². The van der Waals surface area contributed by atoms with Crippen LogP contribution in [0.3, 0.4) is 0 Å². The van der Waals surface area contributed by atoms with Gasteiger partial charge in [0, 0.05) is 0 Å². The summed E-state index contributed by atoms with van der Waals surface area (Å²) in [6.45, 7) is 2.04. The van der Waals surface area contributed by atoms with E-state index >= 15 is 0 Å². The van der Waals surface area contributed by atoms with Crippen molar-refractivity contribution in [3.63, 3.8) is 0 Å². The summed E-state index contributed by atoms with van der Waals surface area (Å²) in [4.78, 5) is 4.45. The highest BCUT2D eigenvalue weighted by atomic mass is 32.1. The zero-order valence-corrected chi connectivity index (χ0v) is 10.9. The van der Waals surface area contributed by atoms with E-state index < -0.39 is 0 Å². The Bertz CT molecular complexity index is 787. The number of rotatable bonds is 2. The van der Waals surface area contributed by atoms with Crippen molar-refractivity contribution in [3.05, 3.63) is 41.6 Å². The second-order valence-electron chi connectivity index (χ2n) is 4.02. The van der Waals surface area contributed by atoms with E-state index in [-0.39, 0.29) is 0 Å². The zero-order valence-electron chi connectivity index (χ0n) is 10.1. The summed E-state index contributed by atoms with van der Waals surface area (Å²) in [7, 11) is 0. The third-order valence-corrected chi connectivity index (χ3v) is 3.54. The summed E-state index contributed by atoms with van der Waals surface area (Å²) in [5.41, 5.74) is 2.57. The van der Waals surface area contributed by atoms with Crippen LogP contribution in [0, 0.1) is 18.3 Å². The Hall–Kier alpha value is -2.52. The Balaban J connectivity index is 1.99. The quantitative estimate of drug-likeness (QED) is 0.772. The van der Waals surface area contributed by atoms with Crippen LogP contribution in [0.25, 0.3) is 10.2 Å². The number of benzene rings is 1. The van der Waals surface area contributed by atoms with Gasteiger partial charge in [-0.25, -0.2) is 4.98 Å². The predicted molar refractivity (Wildman–Crippen MR) is 74.4 cm³/mol. The lowest BCUT2D eigenvalue weighted by molar-refractivity contribution is 1.03. The smallest absolute Gasteiger partial charge is 0.189 e. The maximum absolute atomic E-state index is 9.00. The van der Waals surface area contributed by atoms with E-state index in [0.29, 0.717) is 16.5 Å². The Morgan fingerprint density at radius 2 is 2.21 bits per heavy atom. The van der Waals surface area contributed by atoms with E-state index in [9.17, 15) is 0 Å². The van der Waals surface area contributed by atoms with E-state index in [4.69, 9.17) is 5.26 Å². The molecular weight excluding hydrogens is 258 g/mol. The molecule has 0 saturated heterocycles. The number of thiazole rings is 1. The normalized spacial score (nSPS) is 10.3. The van der Waals surface area contributed by atoms with E-state index in [0.717, 1.165) is 10.2 Å². The van der Waals surface area contributed by atoms with Crippen LogP contribution in [0.1, 0.15) is 11.1 Å². The minimum atomic E-state index is 0.431. The second-order valence-corrected chi connectivity index (χ2v) is 5.05. The lowest BCUT2D eigenvalue weighted by atomic mass is 10.2. The summed E-state index contributed by atoms with van der Waals surface area (Å²) in [5, 5.41) is 20.4. The van der Waals surface area contributed by atoms with Crippen LogP contribution in [-0.2, 0) is 0 Å². The first kappa shape index (κ1) is 11.6. The highest BCUT2D eigenvalue weighted by Crippen LogP contribution is 2.28. The monoisotopic (exact) mass is 267 g/mol. The predicted octanol–water partition coefficient (Wildman–Crippen LogP) is 3.01. The van der Waals surface area contributed by atoms with Gasteiger partial charge in [-0.05, 0) is 30.7 Å². The van der Waals surface area contributed by atoms with Crippen molar-refractivity contribution in [2.24, 2.45) is 0 Å². The Kier molecular flexibility index (Phi) is 2.82. The standard InChI is InChI=1S/C13H9N5S/c1-8-2-3-10-11(6-8)19-13(16-10)17-12-9(7-14)4-5-15-18-12/h2-6H,1H3,(H,16,17,18). The molecule has 0 unspecified atom stereocenters. The molecule has 0 aliphatic carbocycles. The molecule has 0 aliphatic heterocycles. The van der Waals surface area contributed by atoms with Gasteiger partial charge in [0.1, 0.15) is 6.07 Å². The first-order chi connectivity index (χ1) is 9.26. The van der Waals surface area contributed by atoms with Crippen LogP contribution in [0.5, 0.6) is 0 Å². The van der Waals surface area contributed by atoms with Gasteiger partial charge in [0.15, 0.2) is 10.9 Å². The average Bonchev–Trinajstić information content (AvgIpc) is 2.80. The molecule has 19 heavy (non-hydrogen) atoms. The maximum Gasteiger partial charge on any atom is 0.189 e. The van der Waals surface area contributed by atoms with Gasteiger partial charge in [0.05, 0.1) is 22.0 Å². The first-order valence-corrected chi connectivity index (χ1v) is 6.44. The van der Waals surface area contributed by atoms with E-state index in [1.165, 1.54) is 23.1 Å². The molecule has 0 fully saturated rings. The minimum Gasteiger partial charge on any atom is -0.314 e. The van der Waals surface area contributed by atoms with Gasteiger partial charge in [0.2, 0.25) is 0 Å². The molecule has 1 aromatic carbocycles. The van der Waals surface area contributed by atoms with Gasteiger partial charge in [-0.2, -0.15) is 10.4 Å². The molecule has 3 aromatic rings. The summed E-state index contributed by atoms with van der Waals surface area (Å²) in [6, 6.07) is 9.77. The molecule has 0 atom stereocenters.